The highest BCUT2D eigenvalue weighted by molar-refractivity contribution is 5.87. The molecule has 1 N–H and O–H groups in total. The van der Waals surface area contributed by atoms with Gasteiger partial charge in [-0.25, -0.2) is 9.78 Å². The predicted octanol–water partition coefficient (Wildman–Crippen LogP) is 0.157. The molecule has 0 aromatic carbocycles. The average molecular weight is 223 g/mol. The Morgan fingerprint density at radius 1 is 1.50 bits per heavy atom. The van der Waals surface area contributed by atoms with E-state index in [1.54, 1.807) is 0 Å². The second-order valence-electron chi connectivity index (χ2n) is 3.64. The Kier molecular flexibility index (Phi) is 2.89. The van der Waals surface area contributed by atoms with Crippen LogP contribution < -0.4 is 10.5 Å². The molecule has 0 spiro atoms. The largest absolute Gasteiger partial charge is 0.464 e. The number of nitrogens with one attached hydrogen (secondary N) is 1. The molecule has 0 amide bonds. The zero-order valence-corrected chi connectivity index (χ0v) is 9.02. The summed E-state index contributed by atoms with van der Waals surface area (Å²) in [4.78, 5) is 31.3. The fraction of sp³-hybridized carbons (Fsp3) is 0.500. The van der Waals surface area contributed by atoms with Crippen molar-refractivity contribution in [2.45, 2.75) is 12.8 Å². The third kappa shape index (κ3) is 2.05. The van der Waals surface area contributed by atoms with E-state index < -0.39 is 5.97 Å². The van der Waals surface area contributed by atoms with Crippen molar-refractivity contribution in [2.24, 2.45) is 0 Å². The zero-order valence-electron chi connectivity index (χ0n) is 9.02. The lowest BCUT2D eigenvalue weighted by Gasteiger charge is -2.15. The number of ether oxygens (including phenoxy) is 1. The maximum atomic E-state index is 11.4. The molecule has 1 aliphatic rings. The van der Waals surface area contributed by atoms with Crippen LogP contribution in [0.4, 0.5) is 5.95 Å². The fourth-order valence-corrected chi connectivity index (χ4v) is 1.73. The molecule has 2 heterocycles. The molecule has 6 nitrogen and oxygen atoms in total. The van der Waals surface area contributed by atoms with Gasteiger partial charge in [0.2, 0.25) is 5.95 Å². The molecule has 1 fully saturated rings. The Balaban J connectivity index is 2.35. The fourth-order valence-electron chi connectivity index (χ4n) is 1.73. The van der Waals surface area contributed by atoms with Gasteiger partial charge in [-0.05, 0) is 12.8 Å². The third-order valence-corrected chi connectivity index (χ3v) is 2.53. The predicted molar refractivity (Wildman–Crippen MR) is 57.6 cm³/mol. The van der Waals surface area contributed by atoms with Crippen molar-refractivity contribution < 1.29 is 9.53 Å². The highest BCUT2D eigenvalue weighted by Gasteiger charge is 2.17. The second-order valence-corrected chi connectivity index (χ2v) is 3.64. The molecular weight excluding hydrogens is 210 g/mol. The Morgan fingerprint density at radius 2 is 2.19 bits per heavy atom. The molecule has 6 heteroatoms. The van der Waals surface area contributed by atoms with Gasteiger partial charge in [0.15, 0.2) is 5.69 Å². The lowest BCUT2D eigenvalue weighted by Crippen LogP contribution is -2.25. The Morgan fingerprint density at radius 3 is 2.81 bits per heavy atom. The van der Waals surface area contributed by atoms with Gasteiger partial charge in [-0.1, -0.05) is 0 Å². The first-order chi connectivity index (χ1) is 7.70. The first kappa shape index (κ1) is 10.7. The van der Waals surface area contributed by atoms with E-state index in [1.165, 1.54) is 7.11 Å². The minimum Gasteiger partial charge on any atom is -0.464 e. The number of rotatable bonds is 2. The maximum absolute atomic E-state index is 11.4. The van der Waals surface area contributed by atoms with Crippen molar-refractivity contribution >= 4 is 11.9 Å². The Labute approximate surface area is 92.3 Å². The molecule has 0 unspecified atom stereocenters. The number of anilines is 1. The standard InChI is InChI=1S/C10H13N3O3/c1-16-9(15)7-6-8(14)12-10(11-7)13-4-2-3-5-13/h6H,2-5H2,1H3,(H,11,12,14). The summed E-state index contributed by atoms with van der Waals surface area (Å²) in [5, 5.41) is 0. The van der Waals surface area contributed by atoms with Crippen molar-refractivity contribution in [3.8, 4) is 0 Å². The first-order valence-corrected chi connectivity index (χ1v) is 5.15. The van der Waals surface area contributed by atoms with E-state index in [-0.39, 0.29) is 11.3 Å². The van der Waals surface area contributed by atoms with E-state index in [0.29, 0.717) is 5.95 Å². The molecule has 1 aliphatic heterocycles. The van der Waals surface area contributed by atoms with Crippen LogP contribution in [-0.4, -0.2) is 36.1 Å². The van der Waals surface area contributed by atoms with Gasteiger partial charge in [0.1, 0.15) is 0 Å². The van der Waals surface area contributed by atoms with Gasteiger partial charge in [-0.15, -0.1) is 0 Å². The number of methoxy groups -OCH3 is 1. The number of hydrogen-bond donors (Lipinski definition) is 1. The van der Waals surface area contributed by atoms with Crippen LogP contribution in [0.25, 0.3) is 0 Å². The molecule has 0 atom stereocenters. The van der Waals surface area contributed by atoms with Crippen LogP contribution >= 0.6 is 0 Å². The van der Waals surface area contributed by atoms with Crippen molar-refractivity contribution in [1.29, 1.82) is 0 Å². The molecule has 0 aliphatic carbocycles. The summed E-state index contributed by atoms with van der Waals surface area (Å²) in [6.45, 7) is 1.71. The van der Waals surface area contributed by atoms with Crippen LogP contribution in [0.2, 0.25) is 0 Å². The molecule has 2 rings (SSSR count). The smallest absolute Gasteiger partial charge is 0.357 e. The molecule has 16 heavy (non-hydrogen) atoms. The second kappa shape index (κ2) is 4.34. The number of carbonyl (C=O) groups is 1. The van der Waals surface area contributed by atoms with Gasteiger partial charge in [0, 0.05) is 19.2 Å². The minimum absolute atomic E-state index is 0.0492. The highest BCUT2D eigenvalue weighted by Crippen LogP contribution is 2.14. The van der Waals surface area contributed by atoms with Gasteiger partial charge in [0.25, 0.3) is 5.56 Å². The van der Waals surface area contributed by atoms with Crippen LogP contribution in [-0.2, 0) is 4.74 Å². The van der Waals surface area contributed by atoms with Gasteiger partial charge in [-0.3, -0.25) is 9.78 Å². The van der Waals surface area contributed by atoms with E-state index in [0.717, 1.165) is 32.0 Å². The van der Waals surface area contributed by atoms with Crippen LogP contribution in [0.5, 0.6) is 0 Å². The molecule has 1 aromatic heterocycles. The van der Waals surface area contributed by atoms with E-state index in [4.69, 9.17) is 0 Å². The highest BCUT2D eigenvalue weighted by atomic mass is 16.5. The van der Waals surface area contributed by atoms with Crippen molar-refractivity contribution in [1.82, 2.24) is 9.97 Å². The van der Waals surface area contributed by atoms with E-state index >= 15 is 0 Å². The summed E-state index contributed by atoms with van der Waals surface area (Å²) >= 11 is 0. The molecule has 0 bridgehead atoms. The minimum atomic E-state index is -0.591. The lowest BCUT2D eigenvalue weighted by molar-refractivity contribution is 0.0593. The van der Waals surface area contributed by atoms with Gasteiger partial charge < -0.3 is 9.64 Å². The third-order valence-electron chi connectivity index (χ3n) is 2.53. The quantitative estimate of drug-likeness (QED) is 0.723. The van der Waals surface area contributed by atoms with Crippen LogP contribution in [0.3, 0.4) is 0 Å². The summed E-state index contributed by atoms with van der Waals surface area (Å²) in [7, 11) is 1.26. The van der Waals surface area contributed by atoms with Crippen molar-refractivity contribution in [2.75, 3.05) is 25.1 Å². The molecule has 0 radical (unpaired) electrons. The maximum Gasteiger partial charge on any atom is 0.357 e. The van der Waals surface area contributed by atoms with E-state index in [2.05, 4.69) is 14.7 Å². The summed E-state index contributed by atoms with van der Waals surface area (Å²) in [5.74, 6) is -0.142. The monoisotopic (exact) mass is 223 g/mol. The molecule has 1 saturated heterocycles. The van der Waals surface area contributed by atoms with Gasteiger partial charge >= 0.3 is 5.97 Å². The number of aromatic amines is 1. The Hall–Kier alpha value is -1.85. The number of hydrogen-bond acceptors (Lipinski definition) is 5. The SMILES string of the molecule is COC(=O)c1cc(=O)[nH]c(N2CCCC2)n1. The lowest BCUT2D eigenvalue weighted by atomic mass is 10.4. The average Bonchev–Trinajstić information content (AvgIpc) is 2.80. The number of esters is 1. The van der Waals surface area contributed by atoms with E-state index in [1.807, 2.05) is 4.90 Å². The van der Waals surface area contributed by atoms with E-state index in [9.17, 15) is 9.59 Å². The summed E-state index contributed by atoms with van der Waals surface area (Å²) in [6, 6.07) is 1.14. The van der Waals surface area contributed by atoms with Crippen molar-refractivity contribution in [3.05, 3.63) is 22.1 Å². The topological polar surface area (TPSA) is 75.3 Å². The van der Waals surface area contributed by atoms with Crippen LogP contribution in [0.1, 0.15) is 23.3 Å². The number of H-pyrrole nitrogens is 1. The molecule has 0 saturated carbocycles. The molecular formula is C10H13N3O3. The van der Waals surface area contributed by atoms with Crippen molar-refractivity contribution in [3.63, 3.8) is 0 Å². The van der Waals surface area contributed by atoms with Crippen LogP contribution in [0.15, 0.2) is 10.9 Å². The number of carbonyl (C=O) groups excluding carboxylic acids is 1. The zero-order chi connectivity index (χ0) is 11.5. The summed E-state index contributed by atoms with van der Waals surface area (Å²) in [6.07, 6.45) is 2.15. The molecule has 86 valence electrons. The normalized spacial score (nSPS) is 15.2. The number of nitrogens with zero attached hydrogens (tertiary/aromatic N) is 2. The number of aromatic nitrogens is 2. The van der Waals surface area contributed by atoms with Gasteiger partial charge in [-0.2, -0.15) is 0 Å². The summed E-state index contributed by atoms with van der Waals surface area (Å²) in [5.41, 5.74) is -0.287. The summed E-state index contributed by atoms with van der Waals surface area (Å²) < 4.78 is 4.54. The first-order valence-electron chi connectivity index (χ1n) is 5.15. The van der Waals surface area contributed by atoms with Crippen LogP contribution in [0, 0.1) is 0 Å². The Bertz CT molecular complexity index is 449. The van der Waals surface area contributed by atoms with Gasteiger partial charge in [0.05, 0.1) is 7.11 Å². The molecule has 1 aromatic rings.